The van der Waals surface area contributed by atoms with E-state index in [-0.39, 0.29) is 30.4 Å². The van der Waals surface area contributed by atoms with Gasteiger partial charge in [-0.05, 0) is 43.2 Å². The predicted octanol–water partition coefficient (Wildman–Crippen LogP) is 2.19. The topological polar surface area (TPSA) is 134 Å². The minimum Gasteiger partial charge on any atom is -0.349 e. The molecule has 2 N–H and O–H groups in total. The first-order valence-electron chi connectivity index (χ1n) is 12.3. The molecular formula is C25H27ClN6O5S2. The van der Waals surface area contributed by atoms with Gasteiger partial charge in [0.25, 0.3) is 5.91 Å². The lowest BCUT2D eigenvalue weighted by molar-refractivity contribution is -0.133. The maximum atomic E-state index is 13.6. The van der Waals surface area contributed by atoms with Crippen LogP contribution in [0.25, 0.3) is 0 Å². The van der Waals surface area contributed by atoms with Crippen LogP contribution < -0.4 is 14.9 Å². The highest BCUT2D eigenvalue weighted by Crippen LogP contribution is 2.30. The molecule has 39 heavy (non-hydrogen) atoms. The molecule has 1 atom stereocenters. The van der Waals surface area contributed by atoms with Gasteiger partial charge >= 0.3 is 0 Å². The van der Waals surface area contributed by atoms with Crippen LogP contribution in [-0.4, -0.2) is 60.0 Å². The number of anilines is 1. The molecule has 2 aliphatic rings. The number of hydrogen-bond acceptors (Lipinski definition) is 7. The number of nitrogens with zero attached hydrogens (tertiary/aromatic N) is 4. The maximum absolute atomic E-state index is 13.6. The van der Waals surface area contributed by atoms with Crippen molar-refractivity contribution in [3.05, 3.63) is 62.6 Å². The number of carbonyl (C=O) groups excluding carboxylic acids is 3. The van der Waals surface area contributed by atoms with Crippen LogP contribution in [0.1, 0.15) is 39.3 Å². The molecule has 206 valence electrons. The fraction of sp³-hybridized carbons (Fsp3) is 0.360. The van der Waals surface area contributed by atoms with Gasteiger partial charge in [-0.25, -0.2) is 8.42 Å². The summed E-state index contributed by atoms with van der Waals surface area (Å²) < 4.78 is 31.9. The van der Waals surface area contributed by atoms with Gasteiger partial charge in [0, 0.05) is 44.4 Å². The van der Waals surface area contributed by atoms with Crippen LogP contribution in [0.4, 0.5) is 5.69 Å². The molecule has 14 heteroatoms. The predicted molar refractivity (Wildman–Crippen MR) is 146 cm³/mol. The average molecular weight is 591 g/mol. The third kappa shape index (κ3) is 5.44. The SMILES string of the molecule is Cc1c(N2CCCC2=O)cccc1S(=O)(=O)N[C@@H](CNC(=O)c1ccc(Cl)s1)C(=O)N1Cc2cnn(C)c2C1. The maximum Gasteiger partial charge on any atom is 0.261 e. The third-order valence-corrected chi connectivity index (χ3v) is 9.78. The van der Waals surface area contributed by atoms with Gasteiger partial charge < -0.3 is 15.1 Å². The van der Waals surface area contributed by atoms with Crippen molar-refractivity contribution in [3.63, 3.8) is 0 Å². The fourth-order valence-electron chi connectivity index (χ4n) is 4.90. The summed E-state index contributed by atoms with van der Waals surface area (Å²) in [4.78, 5) is 42.1. The van der Waals surface area contributed by atoms with Crippen molar-refractivity contribution in [2.75, 3.05) is 18.0 Å². The quantitative estimate of drug-likeness (QED) is 0.413. The summed E-state index contributed by atoms with van der Waals surface area (Å²) in [5.74, 6) is -1.01. The number of benzene rings is 1. The number of nitrogens with one attached hydrogen (secondary N) is 2. The number of halogens is 1. The van der Waals surface area contributed by atoms with Crippen molar-refractivity contribution in [3.8, 4) is 0 Å². The lowest BCUT2D eigenvalue weighted by Gasteiger charge is -2.25. The van der Waals surface area contributed by atoms with E-state index in [0.717, 1.165) is 22.6 Å². The van der Waals surface area contributed by atoms with Crippen molar-refractivity contribution in [1.29, 1.82) is 0 Å². The molecule has 1 saturated heterocycles. The van der Waals surface area contributed by atoms with E-state index in [1.54, 1.807) is 54.0 Å². The molecule has 1 aromatic carbocycles. The number of carbonyl (C=O) groups is 3. The molecule has 0 bridgehead atoms. The smallest absolute Gasteiger partial charge is 0.261 e. The van der Waals surface area contributed by atoms with Gasteiger partial charge in [0.05, 0.1) is 32.5 Å². The first-order chi connectivity index (χ1) is 18.5. The number of hydrogen-bond donors (Lipinski definition) is 2. The molecule has 0 saturated carbocycles. The van der Waals surface area contributed by atoms with Crippen molar-refractivity contribution in [2.24, 2.45) is 7.05 Å². The Balaban J connectivity index is 1.40. The first-order valence-corrected chi connectivity index (χ1v) is 15.0. The Morgan fingerprint density at radius 2 is 2.00 bits per heavy atom. The Kier molecular flexibility index (Phi) is 7.51. The van der Waals surface area contributed by atoms with Crippen LogP contribution in [-0.2, 0) is 39.7 Å². The lowest BCUT2D eigenvalue weighted by atomic mass is 10.2. The first kappa shape index (κ1) is 27.3. The van der Waals surface area contributed by atoms with Crippen molar-refractivity contribution >= 4 is 56.4 Å². The molecule has 2 aliphatic heterocycles. The number of rotatable bonds is 8. The van der Waals surface area contributed by atoms with E-state index < -0.39 is 27.9 Å². The van der Waals surface area contributed by atoms with E-state index in [2.05, 4.69) is 15.1 Å². The van der Waals surface area contributed by atoms with Crippen LogP contribution in [0.2, 0.25) is 4.34 Å². The van der Waals surface area contributed by atoms with Crippen molar-refractivity contribution < 1.29 is 22.8 Å². The second-order valence-electron chi connectivity index (χ2n) is 9.47. The minimum atomic E-state index is -4.23. The third-order valence-electron chi connectivity index (χ3n) is 6.93. The van der Waals surface area contributed by atoms with Gasteiger partial charge in [-0.1, -0.05) is 17.7 Å². The molecule has 0 radical (unpaired) electrons. The Labute approximate surface area is 234 Å². The number of aromatic nitrogens is 2. The van der Waals surface area contributed by atoms with Crippen LogP contribution in [0.5, 0.6) is 0 Å². The van der Waals surface area contributed by atoms with Gasteiger partial charge in [-0.3, -0.25) is 19.1 Å². The summed E-state index contributed by atoms with van der Waals surface area (Å²) in [6.45, 7) is 2.42. The molecule has 0 spiro atoms. The van der Waals surface area contributed by atoms with Gasteiger partial charge in [0.1, 0.15) is 6.04 Å². The fourth-order valence-corrected chi connectivity index (χ4v) is 7.31. The van der Waals surface area contributed by atoms with Crippen molar-refractivity contribution in [1.82, 2.24) is 24.7 Å². The van der Waals surface area contributed by atoms with Crippen LogP contribution in [0.15, 0.2) is 41.4 Å². The summed E-state index contributed by atoms with van der Waals surface area (Å²) >= 11 is 7.02. The molecule has 11 nitrogen and oxygen atoms in total. The van der Waals surface area contributed by atoms with E-state index >= 15 is 0 Å². The summed E-state index contributed by atoms with van der Waals surface area (Å²) in [5.41, 5.74) is 2.67. The zero-order valence-electron chi connectivity index (χ0n) is 21.3. The molecule has 4 heterocycles. The number of thiophene rings is 1. The Morgan fingerprint density at radius 1 is 1.21 bits per heavy atom. The molecule has 5 rings (SSSR count). The molecule has 3 aromatic rings. The average Bonchev–Trinajstić information content (AvgIpc) is 3.68. The van der Waals surface area contributed by atoms with Gasteiger partial charge in [0.2, 0.25) is 21.8 Å². The van der Waals surface area contributed by atoms with Crippen LogP contribution in [0.3, 0.4) is 0 Å². The highest BCUT2D eigenvalue weighted by Gasteiger charge is 2.35. The van der Waals surface area contributed by atoms with Gasteiger partial charge in [-0.15, -0.1) is 11.3 Å². The minimum absolute atomic E-state index is 0.0391. The van der Waals surface area contributed by atoms with Crippen LogP contribution >= 0.6 is 22.9 Å². The normalized spacial score (nSPS) is 16.0. The van der Waals surface area contributed by atoms with Gasteiger partial charge in [-0.2, -0.15) is 9.82 Å². The second kappa shape index (κ2) is 10.7. The summed E-state index contributed by atoms with van der Waals surface area (Å²) in [5, 5.41) is 6.86. The second-order valence-corrected chi connectivity index (χ2v) is 12.9. The summed E-state index contributed by atoms with van der Waals surface area (Å²) in [7, 11) is -2.45. The van der Waals surface area contributed by atoms with Gasteiger partial charge in [0.15, 0.2) is 0 Å². The van der Waals surface area contributed by atoms with Crippen LogP contribution in [0, 0.1) is 6.92 Å². The van der Waals surface area contributed by atoms with E-state index in [1.165, 1.54) is 11.0 Å². The molecule has 3 amide bonds. The number of fused-ring (bicyclic) bond motifs is 1. The summed E-state index contributed by atoms with van der Waals surface area (Å²) in [6.07, 6.45) is 2.79. The van der Waals surface area contributed by atoms with E-state index in [4.69, 9.17) is 11.6 Å². The molecule has 1 fully saturated rings. The zero-order chi connectivity index (χ0) is 27.9. The zero-order valence-corrected chi connectivity index (χ0v) is 23.7. The lowest BCUT2D eigenvalue weighted by Crippen LogP contribution is -2.52. The molecule has 0 aliphatic carbocycles. The number of aryl methyl sites for hydroxylation is 1. The standard InChI is InChI=1S/C25H27ClN6O5S2/c1-15-18(32-10-4-7-23(32)33)5-3-6-21(15)39(36,37)29-17(12-27-24(34)20-8-9-22(26)38-20)25(35)31-13-16-11-28-30(2)19(16)14-31/h3,5-6,8-9,11,17,29H,4,7,10,12-14H2,1-2H3,(H,27,34)/t17-/m0/s1. The Morgan fingerprint density at radius 3 is 2.67 bits per heavy atom. The highest BCUT2D eigenvalue weighted by molar-refractivity contribution is 7.89. The summed E-state index contributed by atoms with van der Waals surface area (Å²) in [6, 6.07) is 6.58. The number of sulfonamides is 1. The van der Waals surface area contributed by atoms with Crippen molar-refractivity contribution in [2.45, 2.75) is 43.8 Å². The monoisotopic (exact) mass is 590 g/mol. The Bertz CT molecular complexity index is 1570. The number of amides is 3. The highest BCUT2D eigenvalue weighted by atomic mass is 35.5. The molecular weight excluding hydrogens is 564 g/mol. The molecule has 2 aromatic heterocycles. The largest absolute Gasteiger partial charge is 0.349 e. The van der Waals surface area contributed by atoms with E-state index in [0.29, 0.717) is 39.9 Å². The van der Waals surface area contributed by atoms with E-state index in [9.17, 15) is 22.8 Å². The molecule has 0 unspecified atom stereocenters. The van der Waals surface area contributed by atoms with E-state index in [1.807, 2.05) is 0 Å². The Hall–Kier alpha value is -3.26.